The van der Waals surface area contributed by atoms with Gasteiger partial charge >= 0.3 is 5.97 Å². The Kier molecular flexibility index (Phi) is 4.94. The van der Waals surface area contributed by atoms with Crippen molar-refractivity contribution in [3.63, 3.8) is 0 Å². The summed E-state index contributed by atoms with van der Waals surface area (Å²) in [5.41, 5.74) is -0.376. The van der Waals surface area contributed by atoms with Crippen LogP contribution in [0.3, 0.4) is 0 Å². The second-order valence-electron chi connectivity index (χ2n) is 3.74. The molecule has 0 fully saturated rings. The molecule has 0 aliphatic rings. The summed E-state index contributed by atoms with van der Waals surface area (Å²) < 4.78 is 10.6. The van der Waals surface area contributed by atoms with Crippen LogP contribution in [-0.4, -0.2) is 27.2 Å². The molecule has 0 amide bonds. The summed E-state index contributed by atoms with van der Waals surface area (Å²) in [4.78, 5) is 10.8. The van der Waals surface area contributed by atoms with E-state index in [-0.39, 0.29) is 12.2 Å². The summed E-state index contributed by atoms with van der Waals surface area (Å²) in [6.45, 7) is 11.6. The van der Waals surface area contributed by atoms with E-state index in [9.17, 15) is 4.79 Å². The normalized spacial score (nSPS) is 11.5. The Labute approximate surface area is 81.5 Å². The Morgan fingerprint density at radius 3 is 2.46 bits per heavy atom. The van der Waals surface area contributed by atoms with Crippen LogP contribution in [-0.2, 0) is 14.0 Å². The standard InChI is InChI=1S/C9H18O3Si/c1-6-8(10)11-7-9(2,3)12-13(4)5/h6,13H,1,7H2,2-5H3. The molecule has 0 bridgehead atoms. The lowest BCUT2D eigenvalue weighted by Crippen LogP contribution is -2.35. The first-order chi connectivity index (χ1) is 5.87. The van der Waals surface area contributed by atoms with Crippen LogP contribution in [0.15, 0.2) is 12.7 Å². The first-order valence-corrected chi connectivity index (χ1v) is 7.12. The lowest BCUT2D eigenvalue weighted by molar-refractivity contribution is -0.142. The van der Waals surface area contributed by atoms with Crippen molar-refractivity contribution in [2.75, 3.05) is 6.61 Å². The molecule has 0 aromatic heterocycles. The fourth-order valence-electron chi connectivity index (χ4n) is 0.976. The van der Waals surface area contributed by atoms with Gasteiger partial charge in [0.2, 0.25) is 0 Å². The summed E-state index contributed by atoms with van der Waals surface area (Å²) in [5.74, 6) is -0.401. The molecule has 0 radical (unpaired) electrons. The lowest BCUT2D eigenvalue weighted by Gasteiger charge is -2.27. The number of hydrogen-bond donors (Lipinski definition) is 0. The quantitative estimate of drug-likeness (QED) is 0.385. The third-order valence-electron chi connectivity index (χ3n) is 1.28. The monoisotopic (exact) mass is 202 g/mol. The molecule has 0 saturated carbocycles. The van der Waals surface area contributed by atoms with E-state index in [1.807, 2.05) is 13.8 Å². The molecule has 0 unspecified atom stereocenters. The number of hydrogen-bond acceptors (Lipinski definition) is 3. The van der Waals surface area contributed by atoms with Crippen LogP contribution < -0.4 is 0 Å². The minimum absolute atomic E-state index is 0.281. The summed E-state index contributed by atoms with van der Waals surface area (Å²) >= 11 is 0. The van der Waals surface area contributed by atoms with Gasteiger partial charge in [0.05, 0.1) is 5.60 Å². The Balaban J connectivity index is 3.88. The van der Waals surface area contributed by atoms with Gasteiger partial charge < -0.3 is 9.16 Å². The van der Waals surface area contributed by atoms with E-state index in [2.05, 4.69) is 19.7 Å². The highest BCUT2D eigenvalue weighted by atomic mass is 28.3. The molecule has 13 heavy (non-hydrogen) atoms. The van der Waals surface area contributed by atoms with Crippen molar-refractivity contribution in [1.29, 1.82) is 0 Å². The maximum atomic E-state index is 10.8. The van der Waals surface area contributed by atoms with Crippen LogP contribution in [0.25, 0.3) is 0 Å². The maximum Gasteiger partial charge on any atom is 0.330 e. The number of carbonyl (C=O) groups is 1. The van der Waals surface area contributed by atoms with Gasteiger partial charge in [-0.25, -0.2) is 4.79 Å². The largest absolute Gasteiger partial charge is 0.460 e. The number of carbonyl (C=O) groups excluding carboxylic acids is 1. The van der Waals surface area contributed by atoms with E-state index in [1.165, 1.54) is 0 Å². The zero-order valence-electron chi connectivity index (χ0n) is 8.79. The van der Waals surface area contributed by atoms with Gasteiger partial charge in [-0.1, -0.05) is 6.58 Å². The summed E-state index contributed by atoms with van der Waals surface area (Å²) in [5, 5.41) is 0. The van der Waals surface area contributed by atoms with Crippen LogP contribution in [0.4, 0.5) is 0 Å². The smallest absolute Gasteiger partial charge is 0.330 e. The van der Waals surface area contributed by atoms with Gasteiger partial charge in [-0.05, 0) is 26.9 Å². The van der Waals surface area contributed by atoms with Gasteiger partial charge in [-0.2, -0.15) is 0 Å². The Morgan fingerprint density at radius 2 is 2.08 bits per heavy atom. The Bertz CT molecular complexity index is 187. The van der Waals surface area contributed by atoms with Gasteiger partial charge in [-0.3, -0.25) is 0 Å². The minimum atomic E-state index is -1.08. The third kappa shape index (κ3) is 6.54. The molecule has 0 heterocycles. The van der Waals surface area contributed by atoms with Crippen LogP contribution in [0, 0.1) is 0 Å². The van der Waals surface area contributed by atoms with Crippen LogP contribution >= 0.6 is 0 Å². The average molecular weight is 202 g/mol. The third-order valence-corrected chi connectivity index (χ3v) is 2.39. The molecule has 0 atom stereocenters. The van der Waals surface area contributed by atoms with E-state index < -0.39 is 15.0 Å². The molecule has 0 saturated heterocycles. The van der Waals surface area contributed by atoms with Crippen molar-refractivity contribution in [3.8, 4) is 0 Å². The summed E-state index contributed by atoms with van der Waals surface area (Å²) in [6, 6.07) is 0. The molecule has 76 valence electrons. The van der Waals surface area contributed by atoms with Crippen molar-refractivity contribution < 1.29 is 14.0 Å². The van der Waals surface area contributed by atoms with Crippen molar-refractivity contribution in [3.05, 3.63) is 12.7 Å². The van der Waals surface area contributed by atoms with Crippen molar-refractivity contribution in [2.45, 2.75) is 32.5 Å². The first kappa shape index (κ1) is 12.4. The lowest BCUT2D eigenvalue weighted by atomic mass is 10.2. The molecule has 0 aromatic rings. The molecule has 4 heteroatoms. The minimum Gasteiger partial charge on any atom is -0.460 e. The fourth-order valence-corrected chi connectivity index (χ4v) is 2.32. The van der Waals surface area contributed by atoms with E-state index in [0.29, 0.717) is 0 Å². The van der Waals surface area contributed by atoms with Crippen LogP contribution in [0.1, 0.15) is 13.8 Å². The highest BCUT2D eigenvalue weighted by Gasteiger charge is 2.21. The maximum absolute atomic E-state index is 10.8. The Morgan fingerprint density at radius 1 is 1.54 bits per heavy atom. The number of ether oxygens (including phenoxy) is 1. The molecular formula is C9H18O3Si. The van der Waals surface area contributed by atoms with Crippen molar-refractivity contribution in [2.24, 2.45) is 0 Å². The van der Waals surface area contributed by atoms with E-state index in [4.69, 9.17) is 9.16 Å². The van der Waals surface area contributed by atoms with Crippen LogP contribution in [0.2, 0.25) is 13.1 Å². The van der Waals surface area contributed by atoms with Gasteiger partial charge in [-0.15, -0.1) is 0 Å². The summed E-state index contributed by atoms with van der Waals surface area (Å²) in [6.07, 6.45) is 1.16. The predicted octanol–water partition coefficient (Wildman–Crippen LogP) is 1.49. The topological polar surface area (TPSA) is 35.5 Å². The fraction of sp³-hybridized carbons (Fsp3) is 0.667. The van der Waals surface area contributed by atoms with E-state index >= 15 is 0 Å². The zero-order valence-corrected chi connectivity index (χ0v) is 9.95. The molecule has 0 aromatic carbocycles. The number of rotatable bonds is 5. The molecule has 0 aliphatic carbocycles. The molecule has 0 N–H and O–H groups in total. The van der Waals surface area contributed by atoms with Gasteiger partial charge in [0.25, 0.3) is 0 Å². The zero-order chi connectivity index (χ0) is 10.5. The number of esters is 1. The van der Waals surface area contributed by atoms with Crippen molar-refractivity contribution in [1.82, 2.24) is 0 Å². The second kappa shape index (κ2) is 5.19. The highest BCUT2D eigenvalue weighted by molar-refractivity contribution is 6.48. The average Bonchev–Trinajstić information content (AvgIpc) is 1.98. The Hall–Kier alpha value is -0.613. The second-order valence-corrected chi connectivity index (χ2v) is 6.07. The molecule has 3 nitrogen and oxygen atoms in total. The predicted molar refractivity (Wildman–Crippen MR) is 55.2 cm³/mol. The highest BCUT2D eigenvalue weighted by Crippen LogP contribution is 2.11. The first-order valence-electron chi connectivity index (χ1n) is 4.34. The molecule has 0 aliphatic heterocycles. The van der Waals surface area contributed by atoms with Gasteiger partial charge in [0.15, 0.2) is 9.04 Å². The molecule has 0 spiro atoms. The van der Waals surface area contributed by atoms with Crippen molar-refractivity contribution >= 4 is 15.0 Å². The summed E-state index contributed by atoms with van der Waals surface area (Å²) in [7, 11) is -1.08. The van der Waals surface area contributed by atoms with Gasteiger partial charge in [0, 0.05) is 6.08 Å². The van der Waals surface area contributed by atoms with E-state index in [1.54, 1.807) is 0 Å². The van der Waals surface area contributed by atoms with E-state index in [0.717, 1.165) is 6.08 Å². The molecule has 0 rings (SSSR count). The van der Waals surface area contributed by atoms with Crippen LogP contribution in [0.5, 0.6) is 0 Å². The SMILES string of the molecule is C=CC(=O)OCC(C)(C)O[SiH](C)C. The van der Waals surface area contributed by atoms with Gasteiger partial charge in [0.1, 0.15) is 6.61 Å². The molecular weight excluding hydrogens is 184 g/mol.